The minimum Gasteiger partial charge on any atom is -0.484 e. The molecule has 1 aromatic heterocycles. The van der Waals surface area contributed by atoms with E-state index in [1.54, 1.807) is 12.4 Å². The number of carbonyl (C=O) groups is 1. The van der Waals surface area contributed by atoms with Crippen molar-refractivity contribution in [3.63, 3.8) is 0 Å². The Morgan fingerprint density at radius 3 is 3.00 bits per heavy atom. The lowest BCUT2D eigenvalue weighted by molar-refractivity contribution is -0.123. The van der Waals surface area contributed by atoms with Gasteiger partial charge < -0.3 is 10.1 Å². The van der Waals surface area contributed by atoms with Gasteiger partial charge in [-0.2, -0.15) is 5.10 Å². The number of hydrogen-bond acceptors (Lipinski definition) is 3. The first-order valence-electron chi connectivity index (χ1n) is 5.68. The first kappa shape index (κ1) is 12.2. The monoisotopic (exact) mass is 245 g/mol. The molecule has 0 radical (unpaired) electrons. The molecule has 1 aromatic carbocycles. The third-order valence-electron chi connectivity index (χ3n) is 2.50. The molecular weight excluding hydrogens is 230 g/mol. The summed E-state index contributed by atoms with van der Waals surface area (Å²) in [5.41, 5.74) is 1.94. The molecule has 1 amide bonds. The summed E-state index contributed by atoms with van der Waals surface area (Å²) in [6.07, 6.45) is 3.41. The molecule has 0 aliphatic rings. The Hall–Kier alpha value is -2.30. The molecular formula is C13H15N3O2. The lowest BCUT2D eigenvalue weighted by Gasteiger charge is -2.08. The third-order valence-corrected chi connectivity index (χ3v) is 2.50. The molecule has 0 aliphatic carbocycles. The van der Waals surface area contributed by atoms with Crippen molar-refractivity contribution in [2.24, 2.45) is 0 Å². The van der Waals surface area contributed by atoms with E-state index < -0.39 is 0 Å². The van der Waals surface area contributed by atoms with Crippen LogP contribution in [0.25, 0.3) is 0 Å². The minimum atomic E-state index is -0.153. The molecule has 5 nitrogen and oxygen atoms in total. The molecule has 0 atom stereocenters. The molecule has 18 heavy (non-hydrogen) atoms. The second kappa shape index (κ2) is 5.86. The Labute approximate surface area is 105 Å². The number of aromatic amines is 1. The van der Waals surface area contributed by atoms with Crippen molar-refractivity contribution in [2.75, 3.05) is 6.61 Å². The lowest BCUT2D eigenvalue weighted by Crippen LogP contribution is -2.28. The highest BCUT2D eigenvalue weighted by Crippen LogP contribution is 2.15. The van der Waals surface area contributed by atoms with E-state index >= 15 is 0 Å². The quantitative estimate of drug-likeness (QED) is 0.837. The second-order valence-corrected chi connectivity index (χ2v) is 3.94. The van der Waals surface area contributed by atoms with Gasteiger partial charge in [0.1, 0.15) is 5.75 Å². The molecule has 0 fully saturated rings. The maximum absolute atomic E-state index is 11.6. The SMILES string of the molecule is Cc1ccccc1OCC(=O)NCc1cn[nH]c1. The number of carbonyl (C=O) groups excluding carboxylic acids is 1. The molecule has 0 saturated carbocycles. The first-order chi connectivity index (χ1) is 8.75. The van der Waals surface area contributed by atoms with Crippen LogP contribution in [0.15, 0.2) is 36.7 Å². The number of benzene rings is 1. The van der Waals surface area contributed by atoms with E-state index in [0.29, 0.717) is 6.54 Å². The fraction of sp³-hybridized carbons (Fsp3) is 0.231. The first-order valence-corrected chi connectivity index (χ1v) is 5.68. The second-order valence-electron chi connectivity index (χ2n) is 3.94. The predicted molar refractivity (Wildman–Crippen MR) is 67.1 cm³/mol. The van der Waals surface area contributed by atoms with E-state index in [1.807, 2.05) is 31.2 Å². The van der Waals surface area contributed by atoms with E-state index in [0.717, 1.165) is 16.9 Å². The number of aryl methyl sites for hydroxylation is 1. The smallest absolute Gasteiger partial charge is 0.258 e. The molecule has 2 N–H and O–H groups in total. The van der Waals surface area contributed by atoms with Crippen molar-refractivity contribution in [1.82, 2.24) is 15.5 Å². The summed E-state index contributed by atoms with van der Waals surface area (Å²) in [6.45, 7) is 2.41. The highest BCUT2D eigenvalue weighted by molar-refractivity contribution is 5.77. The molecule has 0 unspecified atom stereocenters. The summed E-state index contributed by atoms with van der Waals surface area (Å²) in [7, 11) is 0. The highest BCUT2D eigenvalue weighted by atomic mass is 16.5. The van der Waals surface area contributed by atoms with Crippen LogP contribution < -0.4 is 10.1 Å². The zero-order valence-electron chi connectivity index (χ0n) is 10.1. The largest absolute Gasteiger partial charge is 0.484 e. The van der Waals surface area contributed by atoms with Crippen LogP contribution in [0.3, 0.4) is 0 Å². The molecule has 0 bridgehead atoms. The van der Waals surface area contributed by atoms with E-state index in [-0.39, 0.29) is 12.5 Å². The summed E-state index contributed by atoms with van der Waals surface area (Å²) in [5.74, 6) is 0.579. The van der Waals surface area contributed by atoms with Crippen LogP contribution in [-0.4, -0.2) is 22.7 Å². The number of amides is 1. The van der Waals surface area contributed by atoms with Gasteiger partial charge in [0, 0.05) is 18.3 Å². The van der Waals surface area contributed by atoms with Gasteiger partial charge in [0.05, 0.1) is 6.20 Å². The van der Waals surface area contributed by atoms with Crippen LogP contribution >= 0.6 is 0 Å². The predicted octanol–water partition coefficient (Wildman–Crippen LogP) is 1.41. The third kappa shape index (κ3) is 3.35. The van der Waals surface area contributed by atoms with Crippen molar-refractivity contribution in [2.45, 2.75) is 13.5 Å². The molecule has 5 heteroatoms. The molecule has 0 saturated heterocycles. The molecule has 94 valence electrons. The molecule has 1 heterocycles. The Morgan fingerprint density at radius 2 is 2.28 bits per heavy atom. The fourth-order valence-corrected chi connectivity index (χ4v) is 1.49. The zero-order chi connectivity index (χ0) is 12.8. The molecule has 2 aromatic rings. The summed E-state index contributed by atoms with van der Waals surface area (Å²) >= 11 is 0. The maximum Gasteiger partial charge on any atom is 0.258 e. The highest BCUT2D eigenvalue weighted by Gasteiger charge is 2.04. The normalized spacial score (nSPS) is 10.1. The zero-order valence-corrected chi connectivity index (χ0v) is 10.1. The Bertz CT molecular complexity index is 509. The van der Waals surface area contributed by atoms with Crippen LogP contribution in [0, 0.1) is 6.92 Å². The number of aromatic nitrogens is 2. The number of ether oxygens (including phenoxy) is 1. The number of nitrogens with zero attached hydrogens (tertiary/aromatic N) is 1. The van der Waals surface area contributed by atoms with Crippen LogP contribution in [-0.2, 0) is 11.3 Å². The van der Waals surface area contributed by atoms with Gasteiger partial charge in [-0.15, -0.1) is 0 Å². The van der Waals surface area contributed by atoms with Crippen molar-refractivity contribution in [1.29, 1.82) is 0 Å². The van der Waals surface area contributed by atoms with Gasteiger partial charge in [-0.25, -0.2) is 0 Å². The van der Waals surface area contributed by atoms with Crippen LogP contribution in [0.5, 0.6) is 5.75 Å². The van der Waals surface area contributed by atoms with E-state index in [2.05, 4.69) is 15.5 Å². The topological polar surface area (TPSA) is 67.0 Å². The maximum atomic E-state index is 11.6. The number of para-hydroxylation sites is 1. The van der Waals surface area contributed by atoms with Gasteiger partial charge in [-0.1, -0.05) is 18.2 Å². The number of H-pyrrole nitrogens is 1. The molecule has 0 spiro atoms. The van der Waals surface area contributed by atoms with Crippen molar-refractivity contribution in [3.8, 4) is 5.75 Å². The average Bonchev–Trinajstić information content (AvgIpc) is 2.88. The minimum absolute atomic E-state index is 0.0166. The lowest BCUT2D eigenvalue weighted by atomic mass is 10.2. The van der Waals surface area contributed by atoms with Crippen molar-refractivity contribution < 1.29 is 9.53 Å². The standard InChI is InChI=1S/C13H15N3O2/c1-10-4-2-3-5-12(10)18-9-13(17)14-6-11-7-15-16-8-11/h2-5,7-8H,6,9H2,1H3,(H,14,17)(H,15,16). The van der Waals surface area contributed by atoms with Crippen molar-refractivity contribution >= 4 is 5.91 Å². The summed E-state index contributed by atoms with van der Waals surface area (Å²) in [4.78, 5) is 11.6. The summed E-state index contributed by atoms with van der Waals surface area (Å²) in [5, 5.41) is 9.23. The van der Waals surface area contributed by atoms with Gasteiger partial charge in [-0.05, 0) is 18.6 Å². The van der Waals surface area contributed by atoms with E-state index in [9.17, 15) is 4.79 Å². The van der Waals surface area contributed by atoms with Crippen LogP contribution in [0.2, 0.25) is 0 Å². The summed E-state index contributed by atoms with van der Waals surface area (Å²) < 4.78 is 5.43. The summed E-state index contributed by atoms with van der Waals surface area (Å²) in [6, 6.07) is 7.60. The van der Waals surface area contributed by atoms with Gasteiger partial charge in [0.2, 0.25) is 0 Å². The van der Waals surface area contributed by atoms with Crippen molar-refractivity contribution in [3.05, 3.63) is 47.8 Å². The van der Waals surface area contributed by atoms with E-state index in [1.165, 1.54) is 0 Å². The Morgan fingerprint density at radius 1 is 1.44 bits per heavy atom. The van der Waals surface area contributed by atoms with Crippen LogP contribution in [0.1, 0.15) is 11.1 Å². The van der Waals surface area contributed by atoms with E-state index in [4.69, 9.17) is 4.74 Å². The number of nitrogens with one attached hydrogen (secondary N) is 2. The fourth-order valence-electron chi connectivity index (χ4n) is 1.49. The molecule has 0 aliphatic heterocycles. The Kier molecular flexibility index (Phi) is 3.96. The average molecular weight is 245 g/mol. The van der Waals surface area contributed by atoms with Gasteiger partial charge >= 0.3 is 0 Å². The number of hydrogen-bond donors (Lipinski definition) is 2. The van der Waals surface area contributed by atoms with Crippen LogP contribution in [0.4, 0.5) is 0 Å². The number of rotatable bonds is 5. The van der Waals surface area contributed by atoms with Gasteiger partial charge in [0.15, 0.2) is 6.61 Å². The van der Waals surface area contributed by atoms with Gasteiger partial charge in [0.25, 0.3) is 5.91 Å². The van der Waals surface area contributed by atoms with Gasteiger partial charge in [-0.3, -0.25) is 9.89 Å². The molecule has 2 rings (SSSR count). The Balaban J connectivity index is 1.77.